The van der Waals surface area contributed by atoms with Crippen LogP contribution in [0.15, 0.2) is 47.1 Å². The molecule has 0 amide bonds. The first-order valence-corrected chi connectivity index (χ1v) is 7.86. The molecule has 1 aromatic carbocycles. The fourth-order valence-corrected chi connectivity index (χ4v) is 2.80. The smallest absolute Gasteiger partial charge is 0.372 e. The van der Waals surface area contributed by atoms with Crippen LogP contribution in [0.4, 0.5) is 11.5 Å². The lowest BCUT2D eigenvalue weighted by Crippen LogP contribution is -2.09. The number of nitrogens with one attached hydrogen (secondary N) is 1. The topological polar surface area (TPSA) is 94.1 Å². The van der Waals surface area contributed by atoms with Crippen LogP contribution in [0.2, 0.25) is 0 Å². The third-order valence-corrected chi connectivity index (χ3v) is 4.03. The van der Waals surface area contributed by atoms with Gasteiger partial charge in [0.05, 0.1) is 11.3 Å². The summed E-state index contributed by atoms with van der Waals surface area (Å²) in [5, 5.41) is 18.5. The second kappa shape index (κ2) is 6.72. The average molecular weight is 338 g/mol. The fourth-order valence-electron chi connectivity index (χ4n) is 2.80. The molecule has 25 heavy (non-hydrogen) atoms. The van der Waals surface area contributed by atoms with Gasteiger partial charge in [-0.3, -0.25) is 0 Å². The number of aromatic nitrogens is 2. The molecule has 0 radical (unpaired) electrons. The molecule has 3 rings (SSSR count). The molecule has 7 nitrogen and oxygen atoms in total. The van der Waals surface area contributed by atoms with Gasteiger partial charge in [0.2, 0.25) is 0 Å². The van der Waals surface area contributed by atoms with E-state index in [0.29, 0.717) is 11.4 Å². The van der Waals surface area contributed by atoms with E-state index in [1.54, 1.807) is 13.0 Å². The maximum absolute atomic E-state index is 11.3. The van der Waals surface area contributed by atoms with Crippen LogP contribution in [0.3, 0.4) is 0 Å². The standard InChI is InChI=1S/C18H18N4O3/c1-11(14-7-5-4-6-8-14)20-16-9-15(10-19-18(16)22(23)24)17-12(2)21-25-13(17)3/h4-11,20H,1-3H3. The number of hydrogen-bond donors (Lipinski definition) is 1. The van der Waals surface area contributed by atoms with E-state index < -0.39 is 4.92 Å². The number of rotatable bonds is 5. The molecule has 0 saturated carbocycles. The summed E-state index contributed by atoms with van der Waals surface area (Å²) in [5.74, 6) is 0.438. The van der Waals surface area contributed by atoms with Crippen molar-refractivity contribution in [2.45, 2.75) is 26.8 Å². The Morgan fingerprint density at radius 3 is 2.56 bits per heavy atom. The van der Waals surface area contributed by atoms with E-state index in [2.05, 4.69) is 15.5 Å². The van der Waals surface area contributed by atoms with Gasteiger partial charge < -0.3 is 20.0 Å². The van der Waals surface area contributed by atoms with Crippen molar-refractivity contribution in [2.24, 2.45) is 0 Å². The first kappa shape index (κ1) is 16.6. The lowest BCUT2D eigenvalue weighted by molar-refractivity contribution is -0.388. The lowest BCUT2D eigenvalue weighted by Gasteiger charge is -2.16. The summed E-state index contributed by atoms with van der Waals surface area (Å²) in [6.45, 7) is 5.57. The van der Waals surface area contributed by atoms with Gasteiger partial charge in [-0.05, 0) is 42.3 Å². The SMILES string of the molecule is Cc1noc(C)c1-c1cnc([N+](=O)[O-])c(NC(C)c2ccccc2)c1. The van der Waals surface area contributed by atoms with Crippen LogP contribution in [-0.4, -0.2) is 15.1 Å². The van der Waals surface area contributed by atoms with Gasteiger partial charge in [0.15, 0.2) is 0 Å². The summed E-state index contributed by atoms with van der Waals surface area (Å²) in [6, 6.07) is 11.3. The summed E-state index contributed by atoms with van der Waals surface area (Å²) in [6.07, 6.45) is 1.48. The molecule has 2 aromatic heterocycles. The minimum absolute atomic E-state index is 0.110. The molecule has 0 aliphatic heterocycles. The van der Waals surface area contributed by atoms with E-state index in [4.69, 9.17) is 4.52 Å². The number of hydrogen-bond acceptors (Lipinski definition) is 6. The van der Waals surface area contributed by atoms with Crippen molar-refractivity contribution >= 4 is 11.5 Å². The van der Waals surface area contributed by atoms with Crippen molar-refractivity contribution in [3.63, 3.8) is 0 Å². The molecule has 3 aromatic rings. The van der Waals surface area contributed by atoms with E-state index in [1.165, 1.54) is 6.20 Å². The van der Waals surface area contributed by atoms with Gasteiger partial charge >= 0.3 is 5.82 Å². The van der Waals surface area contributed by atoms with E-state index in [9.17, 15) is 10.1 Å². The highest BCUT2D eigenvalue weighted by atomic mass is 16.6. The molecule has 2 heterocycles. The Morgan fingerprint density at radius 2 is 1.96 bits per heavy atom. The van der Waals surface area contributed by atoms with Gasteiger partial charge in [0, 0.05) is 11.6 Å². The van der Waals surface area contributed by atoms with E-state index in [-0.39, 0.29) is 11.9 Å². The average Bonchev–Trinajstić information content (AvgIpc) is 2.94. The molecule has 7 heteroatoms. The first-order valence-electron chi connectivity index (χ1n) is 7.86. The first-order chi connectivity index (χ1) is 12.0. The molecule has 128 valence electrons. The van der Waals surface area contributed by atoms with Crippen LogP contribution in [0, 0.1) is 24.0 Å². The number of anilines is 1. The number of pyridine rings is 1. The van der Waals surface area contributed by atoms with Crippen molar-refractivity contribution in [1.82, 2.24) is 10.1 Å². The Balaban J connectivity index is 2.01. The second-order valence-corrected chi connectivity index (χ2v) is 5.83. The van der Waals surface area contributed by atoms with Crippen LogP contribution in [0.5, 0.6) is 0 Å². The Morgan fingerprint density at radius 1 is 1.24 bits per heavy atom. The number of nitrogens with zero attached hydrogens (tertiary/aromatic N) is 3. The van der Waals surface area contributed by atoms with Crippen molar-refractivity contribution in [2.75, 3.05) is 5.32 Å². The quantitative estimate of drug-likeness (QED) is 0.546. The molecular weight excluding hydrogens is 320 g/mol. The van der Waals surface area contributed by atoms with Crippen molar-refractivity contribution in [3.8, 4) is 11.1 Å². The van der Waals surface area contributed by atoms with E-state index >= 15 is 0 Å². The van der Waals surface area contributed by atoms with E-state index in [0.717, 1.165) is 22.4 Å². The monoisotopic (exact) mass is 338 g/mol. The fraction of sp³-hybridized carbons (Fsp3) is 0.222. The lowest BCUT2D eigenvalue weighted by atomic mass is 10.0. The van der Waals surface area contributed by atoms with Crippen LogP contribution < -0.4 is 5.32 Å². The zero-order valence-electron chi connectivity index (χ0n) is 14.2. The summed E-state index contributed by atoms with van der Waals surface area (Å²) < 4.78 is 5.19. The molecule has 0 bridgehead atoms. The summed E-state index contributed by atoms with van der Waals surface area (Å²) in [7, 11) is 0. The summed E-state index contributed by atoms with van der Waals surface area (Å²) in [5.41, 5.74) is 3.64. The molecule has 1 N–H and O–H groups in total. The van der Waals surface area contributed by atoms with Gasteiger partial charge in [-0.15, -0.1) is 0 Å². The number of benzene rings is 1. The summed E-state index contributed by atoms with van der Waals surface area (Å²) >= 11 is 0. The zero-order valence-corrected chi connectivity index (χ0v) is 14.2. The molecule has 1 atom stereocenters. The zero-order chi connectivity index (χ0) is 18.0. The molecule has 0 aliphatic carbocycles. The minimum Gasteiger partial charge on any atom is -0.372 e. The van der Waals surface area contributed by atoms with Crippen molar-refractivity contribution in [1.29, 1.82) is 0 Å². The number of aryl methyl sites for hydroxylation is 2. The third-order valence-electron chi connectivity index (χ3n) is 4.03. The maximum atomic E-state index is 11.3. The maximum Gasteiger partial charge on any atom is 0.386 e. The molecule has 0 spiro atoms. The van der Waals surface area contributed by atoms with E-state index in [1.807, 2.05) is 44.2 Å². The van der Waals surface area contributed by atoms with Crippen LogP contribution in [-0.2, 0) is 0 Å². The molecule has 0 fully saturated rings. The largest absolute Gasteiger partial charge is 0.386 e. The molecule has 0 saturated heterocycles. The van der Waals surface area contributed by atoms with Gasteiger partial charge in [0.1, 0.15) is 17.6 Å². The van der Waals surface area contributed by atoms with Crippen molar-refractivity contribution in [3.05, 3.63) is 69.7 Å². The van der Waals surface area contributed by atoms with Gasteiger partial charge in [-0.1, -0.05) is 35.5 Å². The third kappa shape index (κ3) is 3.35. The van der Waals surface area contributed by atoms with Crippen molar-refractivity contribution < 1.29 is 9.45 Å². The highest BCUT2D eigenvalue weighted by Crippen LogP contribution is 2.33. The van der Waals surface area contributed by atoms with Crippen LogP contribution in [0.1, 0.15) is 30.0 Å². The molecular formula is C18H18N4O3. The highest BCUT2D eigenvalue weighted by Gasteiger charge is 2.21. The van der Waals surface area contributed by atoms with Gasteiger partial charge in [0.25, 0.3) is 0 Å². The Kier molecular flexibility index (Phi) is 4.47. The Labute approximate surface area is 144 Å². The second-order valence-electron chi connectivity index (χ2n) is 5.83. The van der Waals surface area contributed by atoms with Gasteiger partial charge in [-0.2, -0.15) is 0 Å². The summed E-state index contributed by atoms with van der Waals surface area (Å²) in [4.78, 5) is 14.9. The number of nitro groups is 1. The molecule has 0 aliphatic rings. The van der Waals surface area contributed by atoms with Crippen LogP contribution in [0.25, 0.3) is 11.1 Å². The Hall–Kier alpha value is -3.22. The Bertz CT molecular complexity index is 886. The molecule has 1 unspecified atom stereocenters. The predicted molar refractivity (Wildman–Crippen MR) is 94.3 cm³/mol. The minimum atomic E-state index is -0.489. The predicted octanol–water partition coefficient (Wildman–Crippen LogP) is 4.43. The highest BCUT2D eigenvalue weighted by molar-refractivity contribution is 5.73. The van der Waals surface area contributed by atoms with Crippen LogP contribution >= 0.6 is 0 Å². The van der Waals surface area contributed by atoms with Gasteiger partial charge in [-0.25, -0.2) is 0 Å². The normalized spacial score (nSPS) is 12.0.